The van der Waals surface area contributed by atoms with Crippen molar-refractivity contribution in [3.8, 4) is 0 Å². The number of ether oxygens (including phenoxy) is 1. The van der Waals surface area contributed by atoms with Crippen molar-refractivity contribution in [2.75, 3.05) is 32.8 Å². The molecule has 0 saturated carbocycles. The molecule has 2 aliphatic heterocycles. The highest BCUT2D eigenvalue weighted by Gasteiger charge is 2.44. The zero-order valence-corrected chi connectivity index (χ0v) is 16.1. The molecule has 4 unspecified atom stereocenters. The van der Waals surface area contributed by atoms with Crippen LogP contribution in [0.15, 0.2) is 12.2 Å². The minimum Gasteiger partial charge on any atom is -0.377 e. The Hall–Kier alpha value is -0.870. The van der Waals surface area contributed by atoms with Crippen LogP contribution in [-0.4, -0.2) is 49.7 Å². The Morgan fingerprint density at radius 1 is 1.20 bits per heavy atom. The van der Waals surface area contributed by atoms with E-state index in [0.29, 0.717) is 23.7 Å². The largest absolute Gasteiger partial charge is 0.377 e. The Bertz CT molecular complexity index is 459. The second kappa shape index (κ2) is 9.18. The summed E-state index contributed by atoms with van der Waals surface area (Å²) in [6, 6.07) is 0. The molecule has 1 amide bonds. The van der Waals surface area contributed by atoms with Crippen molar-refractivity contribution < 1.29 is 9.53 Å². The lowest BCUT2D eigenvalue weighted by molar-refractivity contribution is -0.138. The van der Waals surface area contributed by atoms with Gasteiger partial charge in [0.25, 0.3) is 0 Å². The monoisotopic (exact) mass is 348 g/mol. The predicted molar refractivity (Wildman–Crippen MR) is 101 cm³/mol. The lowest BCUT2D eigenvalue weighted by Crippen LogP contribution is -2.46. The Labute approximate surface area is 153 Å². The Balaban J connectivity index is 1.73. The third-order valence-corrected chi connectivity index (χ3v) is 6.42. The van der Waals surface area contributed by atoms with Gasteiger partial charge in [-0.05, 0) is 50.5 Å². The quantitative estimate of drug-likeness (QED) is 0.749. The van der Waals surface area contributed by atoms with Crippen LogP contribution >= 0.6 is 0 Å². The summed E-state index contributed by atoms with van der Waals surface area (Å²) in [7, 11) is 0. The molecule has 2 heterocycles. The lowest BCUT2D eigenvalue weighted by Gasteiger charge is -2.40. The van der Waals surface area contributed by atoms with Crippen LogP contribution in [0.2, 0.25) is 0 Å². The minimum atomic E-state index is 0.121. The molecule has 0 bridgehead atoms. The van der Waals surface area contributed by atoms with Crippen LogP contribution in [0.1, 0.15) is 52.4 Å². The van der Waals surface area contributed by atoms with Crippen LogP contribution in [0, 0.1) is 23.7 Å². The maximum atomic E-state index is 13.1. The maximum Gasteiger partial charge on any atom is 0.227 e. The standard InChI is InChI=1S/C21H36N2O2/c1-3-13-25-20-16(4-2)9-8-10-17(20)18-14-22-15-19(18)21(24)23-11-6-5-7-12-23/h8,10,16-20,22H,3-7,9,11-15H2,1-2H3/t16?,17?,18-,19?,20?/m0/s1. The molecule has 4 nitrogen and oxygen atoms in total. The fourth-order valence-corrected chi connectivity index (χ4v) is 4.98. The maximum absolute atomic E-state index is 13.1. The average Bonchev–Trinajstić information content (AvgIpc) is 3.15. The second-order valence-electron chi connectivity index (χ2n) is 8.06. The van der Waals surface area contributed by atoms with E-state index in [0.717, 1.165) is 52.0 Å². The van der Waals surface area contributed by atoms with Gasteiger partial charge in [-0.25, -0.2) is 0 Å². The van der Waals surface area contributed by atoms with E-state index in [1.807, 2.05) is 0 Å². The zero-order valence-electron chi connectivity index (χ0n) is 16.1. The average molecular weight is 349 g/mol. The Morgan fingerprint density at radius 3 is 2.72 bits per heavy atom. The first-order valence-electron chi connectivity index (χ1n) is 10.5. The minimum absolute atomic E-state index is 0.121. The summed E-state index contributed by atoms with van der Waals surface area (Å²) < 4.78 is 6.33. The van der Waals surface area contributed by atoms with Crippen LogP contribution in [0.3, 0.4) is 0 Å². The number of carbonyl (C=O) groups is 1. The van der Waals surface area contributed by atoms with Crippen molar-refractivity contribution >= 4 is 5.91 Å². The summed E-state index contributed by atoms with van der Waals surface area (Å²) in [6.07, 6.45) is 11.9. The third-order valence-electron chi connectivity index (χ3n) is 6.42. The molecule has 1 N–H and O–H groups in total. The molecule has 0 radical (unpaired) electrons. The van der Waals surface area contributed by atoms with Gasteiger partial charge in [-0.15, -0.1) is 0 Å². The number of hydrogen-bond donors (Lipinski definition) is 1. The van der Waals surface area contributed by atoms with Gasteiger partial charge >= 0.3 is 0 Å². The first-order valence-corrected chi connectivity index (χ1v) is 10.5. The molecule has 142 valence electrons. The molecule has 2 saturated heterocycles. The van der Waals surface area contributed by atoms with Gasteiger partial charge in [0.05, 0.1) is 12.0 Å². The number of carbonyl (C=O) groups excluding carboxylic acids is 1. The van der Waals surface area contributed by atoms with Crippen LogP contribution < -0.4 is 5.32 Å². The van der Waals surface area contributed by atoms with Crippen molar-refractivity contribution in [2.24, 2.45) is 23.7 Å². The van der Waals surface area contributed by atoms with Gasteiger partial charge in [-0.3, -0.25) is 4.79 Å². The molecule has 25 heavy (non-hydrogen) atoms. The van der Waals surface area contributed by atoms with E-state index < -0.39 is 0 Å². The van der Waals surface area contributed by atoms with Gasteiger partial charge in [0.2, 0.25) is 5.91 Å². The number of piperidine rings is 1. The molecule has 0 aromatic carbocycles. The molecular formula is C21H36N2O2. The van der Waals surface area contributed by atoms with E-state index in [2.05, 4.69) is 36.2 Å². The summed E-state index contributed by atoms with van der Waals surface area (Å²) in [6.45, 7) is 8.96. The molecule has 3 rings (SSSR count). The second-order valence-corrected chi connectivity index (χ2v) is 8.06. The lowest BCUT2D eigenvalue weighted by atomic mass is 9.72. The van der Waals surface area contributed by atoms with Gasteiger partial charge in [0, 0.05) is 32.2 Å². The topological polar surface area (TPSA) is 41.6 Å². The number of amides is 1. The highest BCUT2D eigenvalue weighted by molar-refractivity contribution is 5.80. The van der Waals surface area contributed by atoms with E-state index in [1.54, 1.807) is 0 Å². The third kappa shape index (κ3) is 4.28. The number of hydrogen-bond acceptors (Lipinski definition) is 3. The summed E-state index contributed by atoms with van der Waals surface area (Å²) in [5.74, 6) is 1.85. The molecule has 0 aromatic rings. The number of likely N-dealkylation sites (tertiary alicyclic amines) is 1. The number of nitrogens with zero attached hydrogens (tertiary/aromatic N) is 1. The van der Waals surface area contributed by atoms with Crippen LogP contribution in [0.5, 0.6) is 0 Å². The van der Waals surface area contributed by atoms with Crippen molar-refractivity contribution in [3.63, 3.8) is 0 Å². The van der Waals surface area contributed by atoms with E-state index in [9.17, 15) is 4.79 Å². The Kier molecular flexibility index (Phi) is 6.94. The van der Waals surface area contributed by atoms with Crippen molar-refractivity contribution in [1.29, 1.82) is 0 Å². The number of rotatable bonds is 6. The van der Waals surface area contributed by atoms with Crippen molar-refractivity contribution in [1.82, 2.24) is 10.2 Å². The van der Waals surface area contributed by atoms with Gasteiger partial charge < -0.3 is 15.0 Å². The molecule has 0 spiro atoms. The van der Waals surface area contributed by atoms with Crippen molar-refractivity contribution in [2.45, 2.75) is 58.5 Å². The smallest absolute Gasteiger partial charge is 0.227 e. The van der Waals surface area contributed by atoms with Gasteiger partial charge in [-0.1, -0.05) is 32.4 Å². The number of allylic oxidation sites excluding steroid dienone is 1. The number of nitrogens with one attached hydrogen (secondary N) is 1. The summed E-state index contributed by atoms with van der Waals surface area (Å²) >= 11 is 0. The molecule has 2 fully saturated rings. The van der Waals surface area contributed by atoms with Gasteiger partial charge in [0.1, 0.15) is 0 Å². The van der Waals surface area contributed by atoms with Crippen LogP contribution in [-0.2, 0) is 9.53 Å². The van der Waals surface area contributed by atoms with Gasteiger partial charge in [0.15, 0.2) is 0 Å². The zero-order chi connectivity index (χ0) is 17.6. The highest BCUT2D eigenvalue weighted by atomic mass is 16.5. The fraction of sp³-hybridized carbons (Fsp3) is 0.857. The van der Waals surface area contributed by atoms with E-state index in [4.69, 9.17) is 4.74 Å². The molecule has 0 aromatic heterocycles. The van der Waals surface area contributed by atoms with E-state index >= 15 is 0 Å². The molecule has 3 aliphatic rings. The summed E-state index contributed by atoms with van der Waals surface area (Å²) in [4.78, 5) is 15.3. The van der Waals surface area contributed by atoms with E-state index in [1.165, 1.54) is 19.3 Å². The first-order chi connectivity index (χ1) is 12.3. The molecular weight excluding hydrogens is 312 g/mol. The van der Waals surface area contributed by atoms with Crippen LogP contribution in [0.4, 0.5) is 0 Å². The summed E-state index contributed by atoms with van der Waals surface area (Å²) in [5, 5.41) is 3.51. The van der Waals surface area contributed by atoms with Crippen LogP contribution in [0.25, 0.3) is 0 Å². The SMILES string of the molecule is CCCOC1C(CC)CC=CC1[C@@H]1CNCC1C(=O)N1CCCCC1. The normalized spacial score (nSPS) is 35.9. The van der Waals surface area contributed by atoms with E-state index in [-0.39, 0.29) is 12.0 Å². The molecule has 4 heteroatoms. The predicted octanol–water partition coefficient (Wildman–Crippen LogP) is 3.23. The molecule has 5 atom stereocenters. The van der Waals surface area contributed by atoms with Gasteiger partial charge in [-0.2, -0.15) is 0 Å². The highest BCUT2D eigenvalue weighted by Crippen LogP contribution is 2.38. The molecule has 1 aliphatic carbocycles. The fourth-order valence-electron chi connectivity index (χ4n) is 4.98. The first kappa shape index (κ1) is 18.9. The summed E-state index contributed by atoms with van der Waals surface area (Å²) in [5.41, 5.74) is 0. The Morgan fingerprint density at radius 2 is 2.00 bits per heavy atom. The van der Waals surface area contributed by atoms with Crippen molar-refractivity contribution in [3.05, 3.63) is 12.2 Å².